The van der Waals surface area contributed by atoms with Gasteiger partial charge in [0.05, 0.1) is 0 Å². The van der Waals surface area contributed by atoms with E-state index in [1.165, 1.54) is 30.4 Å². The van der Waals surface area contributed by atoms with Crippen LogP contribution in [0.3, 0.4) is 0 Å². The highest BCUT2D eigenvalue weighted by molar-refractivity contribution is 5.68. The molecule has 0 unspecified atom stereocenters. The second-order valence-electron chi connectivity index (χ2n) is 9.21. The van der Waals surface area contributed by atoms with E-state index in [0.717, 1.165) is 18.8 Å². The highest BCUT2D eigenvalue weighted by Gasteiger charge is 2.28. The van der Waals surface area contributed by atoms with E-state index in [1.54, 1.807) is 4.90 Å². The first kappa shape index (κ1) is 20.6. The first-order valence-electron chi connectivity index (χ1n) is 9.80. The Morgan fingerprint density at radius 3 is 2.27 bits per heavy atom. The van der Waals surface area contributed by atoms with Gasteiger partial charge < -0.3 is 14.5 Å². The summed E-state index contributed by atoms with van der Waals surface area (Å²) in [5.41, 5.74) is 3.78. The molecule has 0 saturated carbocycles. The first-order valence-corrected chi connectivity index (χ1v) is 9.80. The van der Waals surface area contributed by atoms with Crippen LogP contribution in [-0.4, -0.2) is 47.7 Å². The van der Waals surface area contributed by atoms with Crippen molar-refractivity contribution in [1.82, 2.24) is 9.80 Å². The van der Waals surface area contributed by atoms with Crippen LogP contribution < -0.4 is 0 Å². The molecule has 4 nitrogen and oxygen atoms in total. The van der Waals surface area contributed by atoms with Gasteiger partial charge in [-0.3, -0.25) is 0 Å². The lowest BCUT2D eigenvalue weighted by Gasteiger charge is -2.37. The second kappa shape index (κ2) is 7.89. The molecule has 1 fully saturated rings. The highest BCUT2D eigenvalue weighted by atomic mass is 16.6. The smallest absolute Gasteiger partial charge is 0.410 e. The lowest BCUT2D eigenvalue weighted by Crippen LogP contribution is -2.49. The lowest BCUT2D eigenvalue weighted by molar-refractivity contribution is 0.0171. The summed E-state index contributed by atoms with van der Waals surface area (Å²) in [5.74, 6) is 0. The van der Waals surface area contributed by atoms with Gasteiger partial charge in [-0.2, -0.15) is 0 Å². The van der Waals surface area contributed by atoms with E-state index in [-0.39, 0.29) is 11.5 Å². The Kier molecular flexibility index (Phi) is 6.25. The van der Waals surface area contributed by atoms with Crippen LogP contribution in [0.25, 0.3) is 0 Å². The molecule has 0 aromatic heterocycles. The predicted molar refractivity (Wildman–Crippen MR) is 108 cm³/mol. The van der Waals surface area contributed by atoms with Gasteiger partial charge in [0.2, 0.25) is 0 Å². The normalized spacial score (nSPS) is 21.3. The van der Waals surface area contributed by atoms with Crippen LogP contribution in [0.15, 0.2) is 35.6 Å². The summed E-state index contributed by atoms with van der Waals surface area (Å²) < 4.78 is 5.46. The number of piperazine rings is 1. The molecule has 26 heavy (non-hydrogen) atoms. The van der Waals surface area contributed by atoms with Crippen LogP contribution in [0.4, 0.5) is 4.79 Å². The van der Waals surface area contributed by atoms with Crippen LogP contribution in [-0.2, 0) is 4.74 Å². The Bertz CT molecular complexity index is 600. The number of carbonyl (C=O) groups is 1. The van der Waals surface area contributed by atoms with Crippen molar-refractivity contribution < 1.29 is 9.53 Å². The molecule has 2 aliphatic rings. The summed E-state index contributed by atoms with van der Waals surface area (Å²) in [7, 11) is 0. The number of carbonyl (C=O) groups excluding carboxylic acids is 1. The van der Waals surface area contributed by atoms with Crippen LogP contribution in [0, 0.1) is 5.41 Å². The molecule has 1 aliphatic carbocycles. The molecule has 1 heterocycles. The molecule has 0 radical (unpaired) electrons. The van der Waals surface area contributed by atoms with Crippen molar-refractivity contribution >= 4 is 6.09 Å². The number of hydrogen-bond donors (Lipinski definition) is 0. The first-order chi connectivity index (χ1) is 12.0. The summed E-state index contributed by atoms with van der Waals surface area (Å²) in [6, 6.07) is 0. The Morgan fingerprint density at radius 1 is 1.15 bits per heavy atom. The zero-order chi connectivity index (χ0) is 19.5. The molecule has 146 valence electrons. The predicted octanol–water partition coefficient (Wildman–Crippen LogP) is 5.14. The van der Waals surface area contributed by atoms with Crippen LogP contribution >= 0.6 is 0 Å². The van der Waals surface area contributed by atoms with E-state index in [1.807, 2.05) is 20.8 Å². The third kappa shape index (κ3) is 5.39. The monoisotopic (exact) mass is 360 g/mol. The van der Waals surface area contributed by atoms with E-state index >= 15 is 0 Å². The largest absolute Gasteiger partial charge is 0.444 e. The fourth-order valence-corrected chi connectivity index (χ4v) is 3.80. The van der Waals surface area contributed by atoms with Crippen molar-refractivity contribution in [2.24, 2.45) is 5.41 Å². The van der Waals surface area contributed by atoms with Crippen molar-refractivity contribution in [1.29, 1.82) is 0 Å². The van der Waals surface area contributed by atoms with E-state index in [2.05, 4.69) is 44.4 Å². The molecule has 0 atom stereocenters. The lowest BCUT2D eigenvalue weighted by atomic mass is 9.72. The maximum absolute atomic E-state index is 12.2. The van der Waals surface area contributed by atoms with Gasteiger partial charge in [0, 0.05) is 31.9 Å². The summed E-state index contributed by atoms with van der Waals surface area (Å²) in [5, 5.41) is 0. The fourth-order valence-electron chi connectivity index (χ4n) is 3.80. The molecule has 0 N–H and O–H groups in total. The number of nitrogens with zero attached hydrogens (tertiary/aromatic N) is 2. The fraction of sp³-hybridized carbons (Fsp3) is 0.682. The van der Waals surface area contributed by atoms with Gasteiger partial charge in [0.15, 0.2) is 0 Å². The molecule has 2 rings (SSSR count). The number of hydrogen-bond acceptors (Lipinski definition) is 3. The minimum Gasteiger partial charge on any atom is -0.444 e. The molecule has 1 saturated heterocycles. The molecule has 0 spiro atoms. The van der Waals surface area contributed by atoms with Crippen LogP contribution in [0.1, 0.15) is 60.8 Å². The van der Waals surface area contributed by atoms with Gasteiger partial charge in [-0.1, -0.05) is 32.1 Å². The quantitative estimate of drug-likeness (QED) is 0.654. The van der Waals surface area contributed by atoms with E-state index < -0.39 is 5.60 Å². The third-order valence-electron chi connectivity index (χ3n) is 5.32. The maximum Gasteiger partial charge on any atom is 0.410 e. The molecule has 1 aliphatic heterocycles. The Hall–Kier alpha value is -1.71. The van der Waals surface area contributed by atoms with Crippen molar-refractivity contribution in [2.75, 3.05) is 26.2 Å². The minimum absolute atomic E-state index is 0.219. The average molecular weight is 361 g/mol. The van der Waals surface area contributed by atoms with Gasteiger partial charge in [-0.15, -0.1) is 0 Å². The Labute approximate surface area is 159 Å². The Balaban J connectivity index is 1.91. The molecule has 0 bridgehead atoms. The van der Waals surface area contributed by atoms with Gasteiger partial charge in [0.1, 0.15) is 5.60 Å². The van der Waals surface area contributed by atoms with E-state index in [0.29, 0.717) is 13.1 Å². The van der Waals surface area contributed by atoms with Crippen LogP contribution in [0.2, 0.25) is 0 Å². The topological polar surface area (TPSA) is 32.8 Å². The van der Waals surface area contributed by atoms with Gasteiger partial charge in [0.25, 0.3) is 0 Å². The zero-order valence-electron chi connectivity index (χ0n) is 17.5. The van der Waals surface area contributed by atoms with Crippen molar-refractivity contribution in [3.05, 3.63) is 35.6 Å². The molecular formula is C22H36N2O2. The van der Waals surface area contributed by atoms with Gasteiger partial charge in [-0.05, 0) is 64.0 Å². The van der Waals surface area contributed by atoms with Gasteiger partial charge in [-0.25, -0.2) is 4.79 Å². The van der Waals surface area contributed by atoms with Crippen LogP contribution in [0.5, 0.6) is 0 Å². The molecular weight excluding hydrogens is 324 g/mol. The second-order valence-corrected chi connectivity index (χ2v) is 9.21. The SMILES string of the molecule is C=C(/C=C/C1=C(C)CCCC1(C)C)N1CCN(C(=O)OC(C)(C)C)CC1. The van der Waals surface area contributed by atoms with Crippen molar-refractivity contribution in [3.63, 3.8) is 0 Å². The summed E-state index contributed by atoms with van der Waals surface area (Å²) in [6.07, 6.45) is 7.91. The average Bonchev–Trinajstić information content (AvgIpc) is 2.52. The zero-order valence-corrected chi connectivity index (χ0v) is 17.5. The number of rotatable bonds is 3. The number of allylic oxidation sites excluding steroid dienone is 4. The van der Waals surface area contributed by atoms with Gasteiger partial charge >= 0.3 is 6.09 Å². The van der Waals surface area contributed by atoms with Crippen molar-refractivity contribution in [3.8, 4) is 0 Å². The maximum atomic E-state index is 12.2. The van der Waals surface area contributed by atoms with E-state index in [9.17, 15) is 4.79 Å². The van der Waals surface area contributed by atoms with Crippen molar-refractivity contribution in [2.45, 2.75) is 66.4 Å². The molecule has 0 aromatic carbocycles. The number of ether oxygens (including phenoxy) is 1. The highest BCUT2D eigenvalue weighted by Crippen LogP contribution is 2.40. The third-order valence-corrected chi connectivity index (χ3v) is 5.32. The molecule has 4 heteroatoms. The summed E-state index contributed by atoms with van der Waals surface area (Å²) in [4.78, 5) is 16.2. The van der Waals surface area contributed by atoms with E-state index in [4.69, 9.17) is 4.74 Å². The number of amides is 1. The summed E-state index contributed by atoms with van der Waals surface area (Å²) >= 11 is 0. The minimum atomic E-state index is -0.446. The standard InChI is InChI=1S/C22H36N2O2/c1-17-9-8-12-22(6,7)19(17)11-10-18(2)23-13-15-24(16-14-23)20(25)26-21(3,4)5/h10-11H,2,8-9,12-16H2,1,3-7H3/b11-10+. The molecule has 0 aromatic rings. The summed E-state index contributed by atoms with van der Waals surface area (Å²) in [6.45, 7) is 19.8. The molecule has 1 amide bonds. The Morgan fingerprint density at radius 2 is 1.73 bits per heavy atom.